The second-order valence-electron chi connectivity index (χ2n) is 6.09. The van der Waals surface area contributed by atoms with E-state index >= 15 is 0 Å². The summed E-state index contributed by atoms with van der Waals surface area (Å²) in [4.78, 5) is 18.8. The van der Waals surface area contributed by atoms with Gasteiger partial charge in [0.25, 0.3) is 5.56 Å². The number of hydrogen-bond acceptors (Lipinski definition) is 3. The first-order valence-corrected chi connectivity index (χ1v) is 9.15. The Morgan fingerprint density at radius 2 is 1.81 bits per heavy atom. The number of fused-ring (bicyclic) bond motifs is 1. The Hall–Kier alpha value is -3.16. The minimum absolute atomic E-state index is 0.0939. The van der Waals surface area contributed by atoms with Crippen LogP contribution in [0.15, 0.2) is 64.8 Å². The van der Waals surface area contributed by atoms with Gasteiger partial charge in [-0.3, -0.25) is 9.36 Å². The van der Waals surface area contributed by atoms with Gasteiger partial charge in [-0.2, -0.15) is 0 Å². The first-order valence-electron chi connectivity index (χ1n) is 8.27. The predicted octanol–water partition coefficient (Wildman–Crippen LogP) is 4.73. The first kappa shape index (κ1) is 16.3. The fraction of sp³-hybridized carbons (Fsp3) is 0.0909. The van der Waals surface area contributed by atoms with Gasteiger partial charge in [0.1, 0.15) is 10.7 Å². The Labute approximate surface area is 155 Å². The van der Waals surface area contributed by atoms with Gasteiger partial charge in [-0.25, -0.2) is 4.98 Å². The van der Waals surface area contributed by atoms with Gasteiger partial charge in [-0.15, -0.1) is 17.8 Å². The van der Waals surface area contributed by atoms with Gasteiger partial charge < -0.3 is 0 Å². The molecule has 0 bridgehead atoms. The van der Waals surface area contributed by atoms with Crippen molar-refractivity contribution < 1.29 is 0 Å². The molecule has 2 aromatic heterocycles. The lowest BCUT2D eigenvalue weighted by atomic mass is 10.0. The molecule has 0 spiro atoms. The average molecular weight is 356 g/mol. The standard InChI is InChI=1S/C22H16N2OS/c1-3-13-24-20(17-7-5-4-6-8-17)23-21-19(22(24)25)18(14-26-21)16-11-9-15(2)10-12-16/h1,4-12,14H,13H2,2H3. The number of nitrogens with zero attached hydrogens (tertiary/aromatic N) is 2. The van der Waals surface area contributed by atoms with Gasteiger partial charge in [0, 0.05) is 16.5 Å². The first-order chi connectivity index (χ1) is 12.7. The molecule has 4 rings (SSSR count). The van der Waals surface area contributed by atoms with Crippen LogP contribution in [0.25, 0.3) is 32.7 Å². The highest BCUT2D eigenvalue weighted by Gasteiger charge is 2.17. The van der Waals surface area contributed by atoms with Crippen LogP contribution in [0.2, 0.25) is 0 Å². The van der Waals surface area contributed by atoms with Gasteiger partial charge in [-0.1, -0.05) is 66.1 Å². The molecule has 4 aromatic rings. The summed E-state index contributed by atoms with van der Waals surface area (Å²) >= 11 is 1.49. The van der Waals surface area contributed by atoms with Crippen LogP contribution >= 0.6 is 11.3 Å². The van der Waals surface area contributed by atoms with Crippen LogP contribution in [-0.4, -0.2) is 9.55 Å². The highest BCUT2D eigenvalue weighted by Crippen LogP contribution is 2.32. The zero-order valence-corrected chi connectivity index (χ0v) is 15.1. The minimum atomic E-state index is -0.0939. The lowest BCUT2D eigenvalue weighted by Gasteiger charge is -2.10. The van der Waals surface area contributed by atoms with Crippen molar-refractivity contribution in [1.82, 2.24) is 9.55 Å². The summed E-state index contributed by atoms with van der Waals surface area (Å²) in [5, 5.41) is 2.63. The second kappa shape index (κ2) is 6.62. The van der Waals surface area contributed by atoms with Crippen molar-refractivity contribution in [2.24, 2.45) is 0 Å². The Kier molecular flexibility index (Phi) is 4.16. The van der Waals surface area contributed by atoms with Gasteiger partial charge >= 0.3 is 0 Å². The van der Waals surface area contributed by atoms with Gasteiger partial charge in [-0.05, 0) is 12.5 Å². The maximum Gasteiger partial charge on any atom is 0.264 e. The third-order valence-electron chi connectivity index (χ3n) is 4.34. The summed E-state index contributed by atoms with van der Waals surface area (Å²) in [6.45, 7) is 2.23. The van der Waals surface area contributed by atoms with E-state index in [9.17, 15) is 4.79 Å². The Morgan fingerprint density at radius 1 is 1.08 bits per heavy atom. The van der Waals surface area contributed by atoms with E-state index in [0.29, 0.717) is 11.2 Å². The van der Waals surface area contributed by atoms with Crippen LogP contribution in [0.5, 0.6) is 0 Å². The third kappa shape index (κ3) is 2.73. The smallest absolute Gasteiger partial charge is 0.264 e. The van der Waals surface area contributed by atoms with Crippen LogP contribution in [0.1, 0.15) is 5.56 Å². The molecule has 0 saturated carbocycles. The molecule has 3 nitrogen and oxygen atoms in total. The number of hydrogen-bond donors (Lipinski definition) is 0. The van der Waals surface area contributed by atoms with Gasteiger partial charge in [0.15, 0.2) is 0 Å². The second-order valence-corrected chi connectivity index (χ2v) is 6.95. The van der Waals surface area contributed by atoms with Gasteiger partial charge in [0.05, 0.1) is 11.9 Å². The molecule has 0 N–H and O–H groups in total. The van der Waals surface area contributed by atoms with E-state index in [4.69, 9.17) is 11.4 Å². The van der Waals surface area contributed by atoms with Crippen molar-refractivity contribution in [2.45, 2.75) is 13.5 Å². The summed E-state index contributed by atoms with van der Waals surface area (Å²) in [6, 6.07) is 17.8. The van der Waals surface area contributed by atoms with Crippen molar-refractivity contribution in [2.75, 3.05) is 0 Å². The molecule has 0 aliphatic rings. The van der Waals surface area contributed by atoms with Gasteiger partial charge in [0.2, 0.25) is 0 Å². The topological polar surface area (TPSA) is 34.9 Å². The summed E-state index contributed by atoms with van der Waals surface area (Å²) in [5.41, 5.74) is 3.89. The molecule has 0 unspecified atom stereocenters. The van der Waals surface area contributed by atoms with E-state index in [2.05, 4.69) is 5.92 Å². The van der Waals surface area contributed by atoms with E-state index in [1.165, 1.54) is 16.9 Å². The van der Waals surface area contributed by atoms with Crippen LogP contribution in [0.4, 0.5) is 0 Å². The molecule has 2 aromatic carbocycles. The third-order valence-corrected chi connectivity index (χ3v) is 5.21. The molecule has 126 valence electrons. The minimum Gasteiger partial charge on any atom is -0.280 e. The molecule has 0 fully saturated rings. The maximum atomic E-state index is 13.3. The fourth-order valence-corrected chi connectivity index (χ4v) is 3.95. The number of aryl methyl sites for hydroxylation is 1. The van der Waals surface area contributed by atoms with Crippen molar-refractivity contribution in [3.05, 3.63) is 75.9 Å². The normalized spacial score (nSPS) is 10.8. The monoisotopic (exact) mass is 356 g/mol. The molecular weight excluding hydrogens is 340 g/mol. The Balaban J connectivity index is 2.01. The Morgan fingerprint density at radius 3 is 2.50 bits per heavy atom. The summed E-state index contributed by atoms with van der Waals surface area (Å²) in [6.07, 6.45) is 5.53. The Bertz CT molecular complexity index is 1180. The molecule has 0 amide bonds. The number of aromatic nitrogens is 2. The summed E-state index contributed by atoms with van der Waals surface area (Å²) in [7, 11) is 0. The number of thiophene rings is 1. The number of benzene rings is 2. The van der Waals surface area contributed by atoms with E-state index in [-0.39, 0.29) is 12.1 Å². The molecular formula is C22H16N2OS. The molecule has 0 aliphatic carbocycles. The molecule has 0 saturated heterocycles. The van der Waals surface area contributed by atoms with Crippen LogP contribution in [-0.2, 0) is 6.54 Å². The van der Waals surface area contributed by atoms with E-state index in [1.807, 2.05) is 66.9 Å². The summed E-state index contributed by atoms with van der Waals surface area (Å²) in [5.74, 6) is 3.19. The van der Waals surface area contributed by atoms with Crippen molar-refractivity contribution in [3.8, 4) is 34.9 Å². The number of rotatable bonds is 3. The van der Waals surface area contributed by atoms with Crippen molar-refractivity contribution >= 4 is 21.6 Å². The van der Waals surface area contributed by atoms with Crippen molar-refractivity contribution in [3.63, 3.8) is 0 Å². The molecule has 0 atom stereocenters. The maximum absolute atomic E-state index is 13.3. The van der Waals surface area contributed by atoms with Crippen molar-refractivity contribution in [1.29, 1.82) is 0 Å². The predicted molar refractivity (Wildman–Crippen MR) is 108 cm³/mol. The zero-order valence-electron chi connectivity index (χ0n) is 14.3. The van der Waals surface area contributed by atoms with E-state index < -0.39 is 0 Å². The molecule has 4 heteroatoms. The lowest BCUT2D eigenvalue weighted by molar-refractivity contribution is 0.796. The number of terminal acetylenes is 1. The summed E-state index contributed by atoms with van der Waals surface area (Å²) < 4.78 is 1.59. The van der Waals surface area contributed by atoms with E-state index in [0.717, 1.165) is 21.5 Å². The largest absolute Gasteiger partial charge is 0.280 e. The molecule has 2 heterocycles. The fourth-order valence-electron chi connectivity index (χ4n) is 3.02. The van der Waals surface area contributed by atoms with Crippen LogP contribution in [0, 0.1) is 19.3 Å². The van der Waals surface area contributed by atoms with Crippen LogP contribution in [0.3, 0.4) is 0 Å². The molecule has 0 radical (unpaired) electrons. The SMILES string of the molecule is C#CCn1c(-c2ccccc2)nc2scc(-c3ccc(C)cc3)c2c1=O. The van der Waals surface area contributed by atoms with E-state index in [1.54, 1.807) is 4.57 Å². The lowest BCUT2D eigenvalue weighted by Crippen LogP contribution is -2.22. The highest BCUT2D eigenvalue weighted by molar-refractivity contribution is 7.17. The zero-order chi connectivity index (χ0) is 18.1. The molecule has 0 aliphatic heterocycles. The quantitative estimate of drug-likeness (QED) is 0.497. The molecule has 26 heavy (non-hydrogen) atoms. The highest BCUT2D eigenvalue weighted by atomic mass is 32.1. The van der Waals surface area contributed by atoms with Crippen LogP contribution < -0.4 is 5.56 Å². The average Bonchev–Trinajstić information content (AvgIpc) is 3.09.